The summed E-state index contributed by atoms with van der Waals surface area (Å²) in [5, 5.41) is 0. The Bertz CT molecular complexity index is 891. The predicted octanol–water partition coefficient (Wildman–Crippen LogP) is 9.06. The number of rotatable bonds is 6. The minimum Gasteiger partial charge on any atom is -0.399 e. The average Bonchev–Trinajstić information content (AvgIpc) is 3.17. The lowest BCUT2D eigenvalue weighted by Crippen LogP contribution is -2.55. The van der Waals surface area contributed by atoms with Crippen LogP contribution in [0.25, 0.3) is 0 Å². The van der Waals surface area contributed by atoms with Gasteiger partial charge in [0.05, 0.1) is 0 Å². The van der Waals surface area contributed by atoms with E-state index >= 15 is 0 Å². The number of hydrogen-bond acceptors (Lipinski definition) is 2. The Morgan fingerprint density at radius 3 is 2.46 bits per heavy atom. The zero-order valence-corrected chi connectivity index (χ0v) is 23.5. The third kappa shape index (κ3) is 4.23. The second-order valence-corrected chi connectivity index (χ2v) is 14.4. The molecule has 5 rings (SSSR count). The van der Waals surface area contributed by atoms with Gasteiger partial charge in [-0.25, -0.2) is 0 Å². The molecule has 0 saturated heterocycles. The first kappa shape index (κ1) is 25.5. The van der Waals surface area contributed by atoms with E-state index in [0.717, 1.165) is 52.8 Å². The van der Waals surface area contributed by atoms with E-state index in [4.69, 9.17) is 11.5 Å². The number of benzene rings is 1. The zero-order valence-electron chi connectivity index (χ0n) is 23.5. The van der Waals surface area contributed by atoms with E-state index in [-0.39, 0.29) is 0 Å². The minimum atomic E-state index is 0.380. The molecule has 0 heterocycles. The third-order valence-corrected chi connectivity index (χ3v) is 12.4. The fourth-order valence-electron chi connectivity index (χ4n) is 10.8. The molecular weight excluding hydrogens is 424 g/mol. The van der Waals surface area contributed by atoms with Crippen LogP contribution >= 0.6 is 0 Å². The Morgan fingerprint density at radius 2 is 1.69 bits per heavy atom. The monoisotopic (exact) mass is 478 g/mol. The topological polar surface area (TPSA) is 52.0 Å². The van der Waals surface area contributed by atoms with E-state index in [1.54, 1.807) is 0 Å². The predicted molar refractivity (Wildman–Crippen MR) is 151 cm³/mol. The highest BCUT2D eigenvalue weighted by molar-refractivity contribution is 5.57. The SMILES string of the molecule is CC(C)CCC[C@@H](C)[C@H]1CC[C@H]2[C@@H]3CCC4CCCC(c5cc(N)ccc5N)[C@]4(C)[C@H]3CC[C@]12C. The van der Waals surface area contributed by atoms with Crippen LogP contribution in [0.15, 0.2) is 18.2 Å². The van der Waals surface area contributed by atoms with Crippen molar-refractivity contribution < 1.29 is 0 Å². The van der Waals surface area contributed by atoms with Gasteiger partial charge in [-0.1, -0.05) is 60.3 Å². The van der Waals surface area contributed by atoms with Crippen LogP contribution in [-0.4, -0.2) is 0 Å². The standard InChI is InChI=1S/C33H54N2/c1-21(2)8-6-9-22(3)27-15-16-28-25-14-12-23-10-7-11-29(26-20-24(34)13-17-31(26)35)33(23,5)30(25)18-19-32(27,28)4/h13,17,20-23,25,27-30H,6-12,14-16,18-19,34-35H2,1-5H3/t22-,23?,25+,27-,28+,29?,30+,32-,33-/m1/s1. The number of hydrogen-bond donors (Lipinski definition) is 2. The molecule has 2 unspecified atom stereocenters. The number of nitrogen functional groups attached to an aromatic ring is 2. The lowest BCUT2D eigenvalue weighted by atomic mass is 9.41. The molecule has 1 aromatic rings. The van der Waals surface area contributed by atoms with Crippen molar-refractivity contribution in [3.05, 3.63) is 23.8 Å². The molecule has 4 fully saturated rings. The Balaban J connectivity index is 1.40. The molecule has 4 aliphatic rings. The van der Waals surface area contributed by atoms with E-state index in [1.165, 1.54) is 82.6 Å². The molecule has 0 aromatic heterocycles. The molecule has 1 aromatic carbocycles. The van der Waals surface area contributed by atoms with Gasteiger partial charge >= 0.3 is 0 Å². The Kier molecular flexibility index (Phi) is 6.99. The van der Waals surface area contributed by atoms with Gasteiger partial charge in [0.1, 0.15) is 0 Å². The molecule has 4 saturated carbocycles. The Morgan fingerprint density at radius 1 is 0.886 bits per heavy atom. The Hall–Kier alpha value is -1.18. The van der Waals surface area contributed by atoms with Crippen molar-refractivity contribution in [2.24, 2.45) is 52.3 Å². The third-order valence-electron chi connectivity index (χ3n) is 12.4. The largest absolute Gasteiger partial charge is 0.399 e. The fourth-order valence-corrected chi connectivity index (χ4v) is 10.8. The van der Waals surface area contributed by atoms with Crippen molar-refractivity contribution in [3.8, 4) is 0 Å². The summed E-state index contributed by atoms with van der Waals surface area (Å²) < 4.78 is 0. The van der Waals surface area contributed by atoms with Crippen LogP contribution in [0.5, 0.6) is 0 Å². The highest BCUT2D eigenvalue weighted by Crippen LogP contribution is 2.70. The van der Waals surface area contributed by atoms with E-state index in [9.17, 15) is 0 Å². The van der Waals surface area contributed by atoms with Crippen molar-refractivity contribution in [2.75, 3.05) is 11.5 Å². The summed E-state index contributed by atoms with van der Waals surface area (Å²) in [6.07, 6.45) is 17.1. The molecule has 9 atom stereocenters. The maximum absolute atomic E-state index is 6.63. The summed E-state index contributed by atoms with van der Waals surface area (Å²) in [5.41, 5.74) is 17.1. The number of fused-ring (bicyclic) bond motifs is 5. The van der Waals surface area contributed by atoms with Gasteiger partial charge in [0, 0.05) is 11.4 Å². The first-order valence-electron chi connectivity index (χ1n) is 15.3. The van der Waals surface area contributed by atoms with E-state index < -0.39 is 0 Å². The summed E-state index contributed by atoms with van der Waals surface area (Å²) in [4.78, 5) is 0. The van der Waals surface area contributed by atoms with Crippen LogP contribution in [0.4, 0.5) is 11.4 Å². The summed E-state index contributed by atoms with van der Waals surface area (Å²) in [6, 6.07) is 6.28. The average molecular weight is 479 g/mol. The molecule has 2 heteroatoms. The van der Waals surface area contributed by atoms with Gasteiger partial charge < -0.3 is 11.5 Å². The highest BCUT2D eigenvalue weighted by Gasteiger charge is 2.62. The molecule has 35 heavy (non-hydrogen) atoms. The van der Waals surface area contributed by atoms with Crippen molar-refractivity contribution >= 4 is 11.4 Å². The molecule has 0 spiro atoms. The van der Waals surface area contributed by atoms with Crippen LogP contribution in [0.1, 0.15) is 123 Å². The van der Waals surface area contributed by atoms with Gasteiger partial charge in [-0.2, -0.15) is 0 Å². The lowest BCUT2D eigenvalue weighted by Gasteiger charge is -2.63. The molecule has 2 nitrogen and oxygen atoms in total. The van der Waals surface area contributed by atoms with Gasteiger partial charge in [-0.05, 0) is 133 Å². The smallest absolute Gasteiger partial charge is 0.0351 e. The quantitative estimate of drug-likeness (QED) is 0.401. The summed E-state index contributed by atoms with van der Waals surface area (Å²) >= 11 is 0. The van der Waals surface area contributed by atoms with Gasteiger partial charge in [0.2, 0.25) is 0 Å². The Labute approximate surface area is 216 Å². The molecule has 4 aliphatic carbocycles. The van der Waals surface area contributed by atoms with Crippen molar-refractivity contribution in [1.29, 1.82) is 0 Å². The molecule has 0 bridgehead atoms. The van der Waals surface area contributed by atoms with E-state index in [2.05, 4.69) is 46.8 Å². The number of nitrogens with two attached hydrogens (primary N) is 2. The van der Waals surface area contributed by atoms with Crippen molar-refractivity contribution in [3.63, 3.8) is 0 Å². The summed E-state index contributed by atoms with van der Waals surface area (Å²) in [6.45, 7) is 12.8. The molecule has 4 N–H and O–H groups in total. The van der Waals surface area contributed by atoms with Gasteiger partial charge in [-0.15, -0.1) is 0 Å². The zero-order chi connectivity index (χ0) is 25.0. The first-order chi connectivity index (χ1) is 16.7. The van der Waals surface area contributed by atoms with Crippen molar-refractivity contribution in [1.82, 2.24) is 0 Å². The van der Waals surface area contributed by atoms with Crippen LogP contribution in [0.3, 0.4) is 0 Å². The van der Waals surface area contributed by atoms with Crippen LogP contribution in [-0.2, 0) is 0 Å². The fraction of sp³-hybridized carbons (Fsp3) is 0.818. The van der Waals surface area contributed by atoms with Crippen LogP contribution in [0, 0.1) is 52.3 Å². The lowest BCUT2D eigenvalue weighted by molar-refractivity contribution is -0.124. The summed E-state index contributed by atoms with van der Waals surface area (Å²) in [5.74, 6) is 6.84. The van der Waals surface area contributed by atoms with E-state index in [1.807, 2.05) is 6.07 Å². The molecule has 0 radical (unpaired) electrons. The second-order valence-electron chi connectivity index (χ2n) is 14.4. The van der Waals surface area contributed by atoms with Gasteiger partial charge in [0.15, 0.2) is 0 Å². The van der Waals surface area contributed by atoms with Gasteiger partial charge in [0.25, 0.3) is 0 Å². The molecule has 196 valence electrons. The minimum absolute atomic E-state index is 0.380. The second kappa shape index (κ2) is 9.60. The van der Waals surface area contributed by atoms with Crippen molar-refractivity contribution in [2.45, 2.75) is 118 Å². The van der Waals surface area contributed by atoms with Crippen LogP contribution < -0.4 is 11.5 Å². The molecule has 0 aliphatic heterocycles. The molecule has 0 amide bonds. The molecular formula is C33H54N2. The maximum atomic E-state index is 6.63. The normalized spacial score (nSPS) is 41.8. The van der Waals surface area contributed by atoms with Gasteiger partial charge in [-0.3, -0.25) is 0 Å². The van der Waals surface area contributed by atoms with E-state index in [0.29, 0.717) is 16.7 Å². The number of anilines is 2. The highest BCUT2D eigenvalue weighted by atomic mass is 14.7. The first-order valence-corrected chi connectivity index (χ1v) is 15.3. The summed E-state index contributed by atoms with van der Waals surface area (Å²) in [7, 11) is 0. The maximum Gasteiger partial charge on any atom is 0.0351 e. The van der Waals surface area contributed by atoms with Crippen LogP contribution in [0.2, 0.25) is 0 Å².